The van der Waals surface area contributed by atoms with Gasteiger partial charge in [-0.2, -0.15) is 0 Å². The molecule has 1 N–H and O–H groups in total. The summed E-state index contributed by atoms with van der Waals surface area (Å²) >= 11 is 3.11. The number of anilines is 1. The van der Waals surface area contributed by atoms with Crippen molar-refractivity contribution in [2.45, 2.75) is 26.3 Å². The quantitative estimate of drug-likeness (QED) is 0.868. The largest absolute Gasteiger partial charge is 0.467 e. The minimum atomic E-state index is -0.459. The molecular formula is C12H15BrFNO2. The summed E-state index contributed by atoms with van der Waals surface area (Å²) in [5.74, 6) is -0.715. The number of ether oxygens (including phenoxy) is 1. The number of esters is 1. The van der Waals surface area contributed by atoms with Crippen molar-refractivity contribution in [1.29, 1.82) is 0 Å². The van der Waals surface area contributed by atoms with E-state index in [9.17, 15) is 9.18 Å². The first-order valence-electron chi connectivity index (χ1n) is 5.29. The van der Waals surface area contributed by atoms with E-state index in [4.69, 9.17) is 0 Å². The lowest BCUT2D eigenvalue weighted by Gasteiger charge is -2.17. The number of benzene rings is 1. The Hall–Kier alpha value is -1.10. The normalized spacial score (nSPS) is 12.1. The summed E-state index contributed by atoms with van der Waals surface area (Å²) in [6.07, 6.45) is 0.573. The van der Waals surface area contributed by atoms with E-state index < -0.39 is 6.04 Å². The van der Waals surface area contributed by atoms with Gasteiger partial charge in [-0.05, 0) is 47.0 Å². The zero-order valence-electron chi connectivity index (χ0n) is 10.0. The van der Waals surface area contributed by atoms with Crippen LogP contribution < -0.4 is 5.32 Å². The van der Waals surface area contributed by atoms with Crippen LogP contribution in [-0.2, 0) is 9.53 Å². The van der Waals surface area contributed by atoms with Crippen LogP contribution in [0.1, 0.15) is 18.9 Å². The number of rotatable bonds is 4. The van der Waals surface area contributed by atoms with Crippen LogP contribution in [0.4, 0.5) is 10.1 Å². The Kier molecular flexibility index (Phi) is 4.93. The van der Waals surface area contributed by atoms with Gasteiger partial charge in [0.15, 0.2) is 0 Å². The number of halogens is 2. The molecule has 94 valence electrons. The van der Waals surface area contributed by atoms with Gasteiger partial charge in [0.2, 0.25) is 0 Å². The van der Waals surface area contributed by atoms with Crippen LogP contribution in [0.15, 0.2) is 16.6 Å². The maximum absolute atomic E-state index is 13.4. The van der Waals surface area contributed by atoms with Crippen molar-refractivity contribution >= 4 is 27.6 Å². The Bertz CT molecular complexity index is 423. The fourth-order valence-electron chi connectivity index (χ4n) is 1.46. The maximum atomic E-state index is 13.4. The molecule has 0 aliphatic carbocycles. The van der Waals surface area contributed by atoms with Gasteiger partial charge in [0, 0.05) is 5.69 Å². The third kappa shape index (κ3) is 3.43. The SMILES string of the molecule is CCC(Nc1cc(F)c(Br)cc1C)C(=O)OC. The van der Waals surface area contributed by atoms with E-state index in [-0.39, 0.29) is 11.8 Å². The first-order valence-corrected chi connectivity index (χ1v) is 6.08. The van der Waals surface area contributed by atoms with Gasteiger partial charge in [-0.3, -0.25) is 0 Å². The number of methoxy groups -OCH3 is 1. The van der Waals surface area contributed by atoms with E-state index >= 15 is 0 Å². The molecule has 5 heteroatoms. The second kappa shape index (κ2) is 6.00. The number of hydrogen-bond acceptors (Lipinski definition) is 3. The van der Waals surface area contributed by atoms with Crippen LogP contribution >= 0.6 is 15.9 Å². The first kappa shape index (κ1) is 14.0. The van der Waals surface area contributed by atoms with E-state index in [1.807, 2.05) is 13.8 Å². The zero-order valence-corrected chi connectivity index (χ0v) is 11.6. The molecule has 0 aromatic heterocycles. The number of carbonyl (C=O) groups excluding carboxylic acids is 1. The fraction of sp³-hybridized carbons (Fsp3) is 0.417. The van der Waals surface area contributed by atoms with Crippen molar-refractivity contribution < 1.29 is 13.9 Å². The molecule has 17 heavy (non-hydrogen) atoms. The van der Waals surface area contributed by atoms with E-state index in [2.05, 4.69) is 26.0 Å². The predicted molar refractivity (Wildman–Crippen MR) is 68.6 cm³/mol. The highest BCUT2D eigenvalue weighted by molar-refractivity contribution is 9.10. The molecule has 1 rings (SSSR count). The predicted octanol–water partition coefficient (Wildman–Crippen LogP) is 3.26. The van der Waals surface area contributed by atoms with Crippen molar-refractivity contribution in [2.75, 3.05) is 12.4 Å². The van der Waals surface area contributed by atoms with Gasteiger partial charge in [-0.15, -0.1) is 0 Å². The molecule has 1 atom stereocenters. The molecule has 0 spiro atoms. The van der Waals surface area contributed by atoms with Crippen molar-refractivity contribution in [2.24, 2.45) is 0 Å². The van der Waals surface area contributed by atoms with Crippen LogP contribution in [0, 0.1) is 12.7 Å². The van der Waals surface area contributed by atoms with E-state index in [1.165, 1.54) is 13.2 Å². The highest BCUT2D eigenvalue weighted by Crippen LogP contribution is 2.24. The second-order valence-electron chi connectivity index (χ2n) is 3.71. The molecule has 0 saturated carbocycles. The van der Waals surface area contributed by atoms with Crippen LogP contribution in [0.5, 0.6) is 0 Å². The van der Waals surface area contributed by atoms with Gasteiger partial charge in [0.25, 0.3) is 0 Å². The highest BCUT2D eigenvalue weighted by atomic mass is 79.9. The van der Waals surface area contributed by atoms with Crippen molar-refractivity contribution in [3.05, 3.63) is 28.0 Å². The molecule has 0 amide bonds. The molecule has 1 aromatic carbocycles. The van der Waals surface area contributed by atoms with Crippen molar-refractivity contribution in [3.63, 3.8) is 0 Å². The molecule has 0 aliphatic heterocycles. The average Bonchev–Trinajstić information content (AvgIpc) is 2.31. The lowest BCUT2D eigenvalue weighted by Crippen LogP contribution is -2.30. The lowest BCUT2D eigenvalue weighted by molar-refractivity contribution is -0.141. The summed E-state index contributed by atoms with van der Waals surface area (Å²) in [5, 5.41) is 2.98. The van der Waals surface area contributed by atoms with Gasteiger partial charge in [-0.25, -0.2) is 9.18 Å². The molecule has 1 aromatic rings. The zero-order chi connectivity index (χ0) is 13.0. The molecule has 0 saturated heterocycles. The second-order valence-corrected chi connectivity index (χ2v) is 4.56. The summed E-state index contributed by atoms with van der Waals surface area (Å²) in [6.45, 7) is 3.70. The summed E-state index contributed by atoms with van der Waals surface area (Å²) in [6, 6.07) is 2.58. The van der Waals surface area contributed by atoms with E-state index in [0.29, 0.717) is 16.6 Å². The Balaban J connectivity index is 2.94. The van der Waals surface area contributed by atoms with Gasteiger partial charge in [0.05, 0.1) is 11.6 Å². The Morgan fingerprint density at radius 2 is 2.24 bits per heavy atom. The highest BCUT2D eigenvalue weighted by Gasteiger charge is 2.17. The standard InChI is InChI=1S/C12H15BrFNO2/c1-4-10(12(16)17-3)15-11-6-9(14)8(13)5-7(11)2/h5-6,10,15H,4H2,1-3H3. The smallest absolute Gasteiger partial charge is 0.328 e. The van der Waals surface area contributed by atoms with E-state index in [0.717, 1.165) is 5.56 Å². The van der Waals surface area contributed by atoms with Crippen molar-refractivity contribution in [3.8, 4) is 0 Å². The average molecular weight is 304 g/mol. The van der Waals surface area contributed by atoms with Gasteiger partial charge < -0.3 is 10.1 Å². The Labute approximate surface area is 108 Å². The Morgan fingerprint density at radius 3 is 2.76 bits per heavy atom. The number of carbonyl (C=O) groups is 1. The van der Waals surface area contributed by atoms with E-state index in [1.54, 1.807) is 6.07 Å². The molecule has 0 bridgehead atoms. The van der Waals surface area contributed by atoms with Gasteiger partial charge in [-0.1, -0.05) is 6.92 Å². The third-order valence-electron chi connectivity index (χ3n) is 2.49. The third-order valence-corrected chi connectivity index (χ3v) is 3.10. The van der Waals surface area contributed by atoms with Crippen LogP contribution in [0.2, 0.25) is 0 Å². The van der Waals surface area contributed by atoms with Crippen LogP contribution in [-0.4, -0.2) is 19.1 Å². The molecule has 3 nitrogen and oxygen atoms in total. The lowest BCUT2D eigenvalue weighted by atomic mass is 10.1. The summed E-state index contributed by atoms with van der Waals surface area (Å²) in [4.78, 5) is 11.4. The summed E-state index contributed by atoms with van der Waals surface area (Å²) in [5.41, 5.74) is 1.46. The van der Waals surface area contributed by atoms with Gasteiger partial charge >= 0.3 is 5.97 Å². The molecular weight excluding hydrogens is 289 g/mol. The van der Waals surface area contributed by atoms with Crippen LogP contribution in [0.3, 0.4) is 0 Å². The minimum absolute atomic E-state index is 0.352. The van der Waals surface area contributed by atoms with Crippen molar-refractivity contribution in [1.82, 2.24) is 0 Å². The number of nitrogens with one attached hydrogen (secondary N) is 1. The van der Waals surface area contributed by atoms with Crippen LogP contribution in [0.25, 0.3) is 0 Å². The fourth-order valence-corrected chi connectivity index (χ4v) is 1.92. The molecule has 0 fully saturated rings. The summed E-state index contributed by atoms with van der Waals surface area (Å²) in [7, 11) is 1.34. The molecule has 0 heterocycles. The molecule has 1 unspecified atom stereocenters. The number of hydrogen-bond donors (Lipinski definition) is 1. The Morgan fingerprint density at radius 1 is 1.59 bits per heavy atom. The first-order chi connectivity index (χ1) is 7.99. The maximum Gasteiger partial charge on any atom is 0.328 e. The van der Waals surface area contributed by atoms with Gasteiger partial charge in [0.1, 0.15) is 11.9 Å². The topological polar surface area (TPSA) is 38.3 Å². The number of aryl methyl sites for hydroxylation is 1. The summed E-state index contributed by atoms with van der Waals surface area (Å²) < 4.78 is 18.5. The monoisotopic (exact) mass is 303 g/mol. The minimum Gasteiger partial charge on any atom is -0.467 e. The molecule has 0 aliphatic rings. The molecule has 0 radical (unpaired) electrons.